The molecule has 0 N–H and O–H groups in total. The fourth-order valence-electron chi connectivity index (χ4n) is 4.13. The standard InChI is InChI=1S/C22H26N4O6S/c1-15-4-6-24(7-5-15)20(27)14-25-21(28)19(33-22(25)29)13-16-2-3-17(18(12-16)26(30)31)23-8-10-32-11-9-23/h2-3,12-13,15H,4-11,14H2,1H3/b19-13-. The highest BCUT2D eigenvalue weighted by molar-refractivity contribution is 8.18. The van der Waals surface area contributed by atoms with Crippen molar-refractivity contribution in [3.63, 3.8) is 0 Å². The molecule has 33 heavy (non-hydrogen) atoms. The average Bonchev–Trinajstić information content (AvgIpc) is 3.07. The smallest absolute Gasteiger partial charge is 0.294 e. The molecule has 4 rings (SSSR count). The van der Waals surface area contributed by atoms with Gasteiger partial charge in [-0.2, -0.15) is 0 Å². The third kappa shape index (κ3) is 5.19. The molecule has 1 aromatic rings. The molecule has 3 heterocycles. The maximum absolute atomic E-state index is 12.8. The number of morpholine rings is 1. The molecule has 0 radical (unpaired) electrons. The summed E-state index contributed by atoms with van der Waals surface area (Å²) in [5.41, 5.74) is 0.870. The summed E-state index contributed by atoms with van der Waals surface area (Å²) in [6, 6.07) is 4.74. The van der Waals surface area contributed by atoms with Crippen molar-refractivity contribution in [2.45, 2.75) is 19.8 Å². The van der Waals surface area contributed by atoms with Crippen LogP contribution in [0.1, 0.15) is 25.3 Å². The fraction of sp³-hybridized carbons (Fsp3) is 0.500. The van der Waals surface area contributed by atoms with E-state index in [0.29, 0.717) is 56.6 Å². The molecule has 3 aliphatic heterocycles. The number of anilines is 1. The molecular weight excluding hydrogens is 448 g/mol. The highest BCUT2D eigenvalue weighted by Gasteiger charge is 2.37. The van der Waals surface area contributed by atoms with Crippen LogP contribution in [-0.4, -0.2) is 77.7 Å². The zero-order chi connectivity index (χ0) is 23.5. The summed E-state index contributed by atoms with van der Waals surface area (Å²) in [6.45, 7) is 5.23. The van der Waals surface area contributed by atoms with Crippen LogP contribution in [0.4, 0.5) is 16.2 Å². The van der Waals surface area contributed by atoms with Crippen LogP contribution >= 0.6 is 11.8 Å². The van der Waals surface area contributed by atoms with Gasteiger partial charge < -0.3 is 14.5 Å². The van der Waals surface area contributed by atoms with Crippen molar-refractivity contribution >= 4 is 46.3 Å². The third-order valence-electron chi connectivity index (χ3n) is 6.15. The summed E-state index contributed by atoms with van der Waals surface area (Å²) in [6.07, 6.45) is 3.29. The predicted molar refractivity (Wildman–Crippen MR) is 124 cm³/mol. The first-order valence-corrected chi connectivity index (χ1v) is 11.8. The Hall–Kier alpha value is -2.92. The lowest BCUT2D eigenvalue weighted by atomic mass is 9.99. The molecule has 176 valence electrons. The zero-order valence-corrected chi connectivity index (χ0v) is 19.2. The van der Waals surface area contributed by atoms with E-state index in [0.717, 1.165) is 29.5 Å². The highest BCUT2D eigenvalue weighted by atomic mass is 32.2. The molecule has 3 aliphatic rings. The molecule has 0 spiro atoms. The van der Waals surface area contributed by atoms with Gasteiger partial charge in [-0.05, 0) is 48.2 Å². The van der Waals surface area contributed by atoms with Crippen LogP contribution in [0.5, 0.6) is 0 Å². The van der Waals surface area contributed by atoms with Gasteiger partial charge in [0.15, 0.2) is 0 Å². The van der Waals surface area contributed by atoms with Gasteiger partial charge in [-0.25, -0.2) is 0 Å². The number of nitro groups is 1. The van der Waals surface area contributed by atoms with E-state index in [9.17, 15) is 24.5 Å². The lowest BCUT2D eigenvalue weighted by Gasteiger charge is -2.31. The second kappa shape index (κ2) is 9.92. The quantitative estimate of drug-likeness (QED) is 0.364. The zero-order valence-electron chi connectivity index (χ0n) is 18.4. The first-order chi connectivity index (χ1) is 15.8. The number of hydrogen-bond acceptors (Lipinski definition) is 8. The molecular formula is C22H26N4O6S. The first-order valence-electron chi connectivity index (χ1n) is 11.0. The van der Waals surface area contributed by atoms with Gasteiger partial charge in [0.1, 0.15) is 12.2 Å². The third-order valence-corrected chi connectivity index (χ3v) is 7.06. The second-order valence-corrected chi connectivity index (χ2v) is 9.43. The van der Waals surface area contributed by atoms with Crippen LogP contribution < -0.4 is 4.90 Å². The molecule has 0 aliphatic carbocycles. The molecule has 1 aromatic carbocycles. The van der Waals surface area contributed by atoms with E-state index >= 15 is 0 Å². The van der Waals surface area contributed by atoms with E-state index in [4.69, 9.17) is 4.74 Å². The SMILES string of the molecule is CC1CCN(C(=O)CN2C(=O)S/C(=C\c3ccc(N4CCOCC4)c([N+](=O)[O-])c3)C2=O)CC1. The van der Waals surface area contributed by atoms with E-state index in [1.165, 1.54) is 12.1 Å². The number of carbonyl (C=O) groups is 3. The van der Waals surface area contributed by atoms with Crippen LogP contribution in [0.3, 0.4) is 0 Å². The minimum atomic E-state index is -0.552. The first kappa shape index (κ1) is 23.2. The van der Waals surface area contributed by atoms with Crippen LogP contribution in [0.15, 0.2) is 23.1 Å². The average molecular weight is 475 g/mol. The summed E-state index contributed by atoms with van der Waals surface area (Å²) in [4.78, 5) is 53.7. The van der Waals surface area contributed by atoms with E-state index in [-0.39, 0.29) is 23.0 Å². The fourth-order valence-corrected chi connectivity index (χ4v) is 4.97. The number of thioether (sulfide) groups is 1. The van der Waals surface area contributed by atoms with Crippen molar-refractivity contribution in [1.82, 2.24) is 9.80 Å². The molecule has 11 heteroatoms. The molecule has 3 fully saturated rings. The normalized spacial score (nSPS) is 21.2. The van der Waals surface area contributed by atoms with Gasteiger partial charge >= 0.3 is 0 Å². The monoisotopic (exact) mass is 474 g/mol. The Morgan fingerprint density at radius 3 is 2.58 bits per heavy atom. The van der Waals surface area contributed by atoms with Gasteiger partial charge in [0.2, 0.25) is 5.91 Å². The van der Waals surface area contributed by atoms with Crippen molar-refractivity contribution in [2.75, 3.05) is 50.8 Å². The topological polar surface area (TPSA) is 113 Å². The van der Waals surface area contributed by atoms with Gasteiger partial charge in [-0.1, -0.05) is 13.0 Å². The number of nitro benzene ring substituents is 1. The lowest BCUT2D eigenvalue weighted by molar-refractivity contribution is -0.384. The van der Waals surface area contributed by atoms with E-state index in [2.05, 4.69) is 6.92 Å². The molecule has 0 unspecified atom stereocenters. The number of imide groups is 1. The Labute approximate surface area is 195 Å². The summed E-state index contributed by atoms with van der Waals surface area (Å²) in [5.74, 6) is -0.229. The Balaban J connectivity index is 1.49. The molecule has 0 saturated carbocycles. The Kier molecular flexibility index (Phi) is 6.99. The number of ether oxygens (including phenoxy) is 1. The van der Waals surface area contributed by atoms with Crippen molar-refractivity contribution in [3.05, 3.63) is 38.8 Å². The Bertz CT molecular complexity index is 999. The molecule has 10 nitrogen and oxygen atoms in total. The number of hydrogen-bond donors (Lipinski definition) is 0. The van der Waals surface area contributed by atoms with Crippen molar-refractivity contribution in [2.24, 2.45) is 5.92 Å². The van der Waals surface area contributed by atoms with Crippen LogP contribution in [0, 0.1) is 16.0 Å². The van der Waals surface area contributed by atoms with E-state index in [1.54, 1.807) is 17.0 Å². The van der Waals surface area contributed by atoms with Crippen molar-refractivity contribution in [3.8, 4) is 0 Å². The molecule has 3 saturated heterocycles. The summed E-state index contributed by atoms with van der Waals surface area (Å²) >= 11 is 0.743. The summed E-state index contributed by atoms with van der Waals surface area (Å²) in [7, 11) is 0. The van der Waals surface area contributed by atoms with Gasteiger partial charge in [0.25, 0.3) is 16.8 Å². The maximum atomic E-state index is 12.8. The van der Waals surface area contributed by atoms with Gasteiger partial charge in [-0.15, -0.1) is 0 Å². The minimum Gasteiger partial charge on any atom is -0.378 e. The Morgan fingerprint density at radius 2 is 1.91 bits per heavy atom. The van der Waals surface area contributed by atoms with Crippen LogP contribution in [-0.2, 0) is 14.3 Å². The van der Waals surface area contributed by atoms with Gasteiger partial charge in [0.05, 0.1) is 23.0 Å². The number of rotatable bonds is 5. The molecule has 0 aromatic heterocycles. The molecule has 0 bridgehead atoms. The molecule has 0 atom stereocenters. The van der Waals surface area contributed by atoms with Crippen molar-refractivity contribution < 1.29 is 24.0 Å². The van der Waals surface area contributed by atoms with Gasteiger partial charge in [0, 0.05) is 32.2 Å². The summed E-state index contributed by atoms with van der Waals surface area (Å²) in [5, 5.41) is 11.2. The number of carbonyl (C=O) groups excluding carboxylic acids is 3. The largest absolute Gasteiger partial charge is 0.378 e. The van der Waals surface area contributed by atoms with Crippen LogP contribution in [0.25, 0.3) is 6.08 Å². The van der Waals surface area contributed by atoms with Crippen molar-refractivity contribution in [1.29, 1.82) is 0 Å². The number of piperidine rings is 1. The number of benzene rings is 1. The van der Waals surface area contributed by atoms with E-state index in [1.807, 2.05) is 4.90 Å². The van der Waals surface area contributed by atoms with Crippen LogP contribution in [0.2, 0.25) is 0 Å². The minimum absolute atomic E-state index is 0.0700. The summed E-state index contributed by atoms with van der Waals surface area (Å²) < 4.78 is 5.31. The number of nitrogens with zero attached hydrogens (tertiary/aromatic N) is 4. The van der Waals surface area contributed by atoms with E-state index < -0.39 is 16.1 Å². The number of amides is 3. The molecule has 3 amide bonds. The van der Waals surface area contributed by atoms with Gasteiger partial charge in [-0.3, -0.25) is 29.4 Å². The Morgan fingerprint density at radius 1 is 1.21 bits per heavy atom. The second-order valence-electron chi connectivity index (χ2n) is 8.44. The predicted octanol–water partition coefficient (Wildman–Crippen LogP) is 2.73. The lowest BCUT2D eigenvalue weighted by Crippen LogP contribution is -2.45. The number of likely N-dealkylation sites (tertiary alicyclic amines) is 1. The highest BCUT2D eigenvalue weighted by Crippen LogP contribution is 2.35. The maximum Gasteiger partial charge on any atom is 0.294 e.